The summed E-state index contributed by atoms with van der Waals surface area (Å²) in [4.78, 5) is 28.1. The molecule has 27 heavy (non-hydrogen) atoms. The van der Waals surface area contributed by atoms with Gasteiger partial charge >= 0.3 is 0 Å². The Bertz CT molecular complexity index is 843. The summed E-state index contributed by atoms with van der Waals surface area (Å²) in [6, 6.07) is 7.49. The molecule has 6 nitrogen and oxygen atoms in total. The van der Waals surface area contributed by atoms with Gasteiger partial charge in [-0.25, -0.2) is 4.68 Å². The molecule has 1 N–H and O–H groups in total. The smallest absolute Gasteiger partial charge is 0.275 e. The SMILES string of the molecule is CCCN(C(=O)c1nn(CC(C)C)c(=O)c2ccccc12)C1CCNC1.Cl. The van der Waals surface area contributed by atoms with Gasteiger partial charge in [0.15, 0.2) is 5.69 Å². The van der Waals surface area contributed by atoms with Crippen LogP contribution in [0.5, 0.6) is 0 Å². The minimum Gasteiger partial charge on any atom is -0.333 e. The number of halogens is 1. The second-order valence-corrected chi connectivity index (χ2v) is 7.42. The predicted octanol–water partition coefficient (Wildman–Crippen LogP) is 2.69. The second kappa shape index (κ2) is 9.33. The lowest BCUT2D eigenvalue weighted by Gasteiger charge is -2.28. The first-order chi connectivity index (χ1) is 12.5. The van der Waals surface area contributed by atoms with Gasteiger partial charge in [-0.1, -0.05) is 39.0 Å². The Labute approximate surface area is 166 Å². The number of hydrogen-bond donors (Lipinski definition) is 1. The summed E-state index contributed by atoms with van der Waals surface area (Å²) < 4.78 is 1.46. The molecule has 1 aromatic carbocycles. The van der Waals surface area contributed by atoms with Crippen LogP contribution in [0.25, 0.3) is 10.8 Å². The fraction of sp³-hybridized carbons (Fsp3) is 0.550. The maximum absolute atomic E-state index is 13.4. The van der Waals surface area contributed by atoms with Crippen molar-refractivity contribution in [2.45, 2.75) is 46.2 Å². The summed E-state index contributed by atoms with van der Waals surface area (Å²) in [6.07, 6.45) is 1.85. The van der Waals surface area contributed by atoms with Crippen LogP contribution in [0.2, 0.25) is 0 Å². The van der Waals surface area contributed by atoms with Gasteiger partial charge in [-0.05, 0) is 31.4 Å². The minimum absolute atomic E-state index is 0. The van der Waals surface area contributed by atoms with Crippen molar-refractivity contribution in [1.29, 1.82) is 0 Å². The standard InChI is InChI=1S/C20H28N4O2.ClH/c1-4-11-23(15-9-10-21-12-15)20(26)18-16-7-5-6-8-17(16)19(25)24(22-18)13-14(2)3;/h5-8,14-15,21H,4,9-13H2,1-3H3;1H. The summed E-state index contributed by atoms with van der Waals surface area (Å²) in [7, 11) is 0. The van der Waals surface area contributed by atoms with Crippen molar-refractivity contribution < 1.29 is 4.79 Å². The molecule has 0 spiro atoms. The van der Waals surface area contributed by atoms with E-state index in [4.69, 9.17) is 0 Å². The van der Waals surface area contributed by atoms with Gasteiger partial charge in [0, 0.05) is 31.1 Å². The first-order valence-corrected chi connectivity index (χ1v) is 9.54. The van der Waals surface area contributed by atoms with E-state index in [0.29, 0.717) is 29.6 Å². The molecule has 1 aliphatic rings. The van der Waals surface area contributed by atoms with Crippen LogP contribution in [0.3, 0.4) is 0 Å². The highest BCUT2D eigenvalue weighted by atomic mass is 35.5. The number of carbonyl (C=O) groups is 1. The highest BCUT2D eigenvalue weighted by Crippen LogP contribution is 2.19. The molecule has 1 unspecified atom stereocenters. The van der Waals surface area contributed by atoms with Gasteiger partial charge in [-0.15, -0.1) is 12.4 Å². The van der Waals surface area contributed by atoms with Crippen molar-refractivity contribution in [1.82, 2.24) is 20.0 Å². The fourth-order valence-corrected chi connectivity index (χ4v) is 3.60. The molecule has 2 heterocycles. The largest absolute Gasteiger partial charge is 0.333 e. The topological polar surface area (TPSA) is 67.2 Å². The van der Waals surface area contributed by atoms with E-state index in [1.54, 1.807) is 6.07 Å². The first kappa shape index (κ1) is 21.4. The molecule has 1 aromatic heterocycles. The van der Waals surface area contributed by atoms with Crippen LogP contribution in [-0.2, 0) is 6.54 Å². The molecule has 3 rings (SSSR count). The van der Waals surface area contributed by atoms with Crippen molar-refractivity contribution in [3.63, 3.8) is 0 Å². The summed E-state index contributed by atoms with van der Waals surface area (Å²) in [5, 5.41) is 9.05. The zero-order chi connectivity index (χ0) is 18.7. The third-order valence-corrected chi connectivity index (χ3v) is 4.81. The molecular formula is C20H29ClN4O2. The Hall–Kier alpha value is -1.92. The fourth-order valence-electron chi connectivity index (χ4n) is 3.60. The second-order valence-electron chi connectivity index (χ2n) is 7.42. The summed E-state index contributed by atoms with van der Waals surface area (Å²) in [6.45, 7) is 9.10. The first-order valence-electron chi connectivity index (χ1n) is 9.54. The van der Waals surface area contributed by atoms with Crippen LogP contribution in [0.15, 0.2) is 29.1 Å². The van der Waals surface area contributed by atoms with E-state index >= 15 is 0 Å². The van der Waals surface area contributed by atoms with Crippen molar-refractivity contribution in [3.05, 3.63) is 40.3 Å². The number of fused-ring (bicyclic) bond motifs is 1. The molecule has 1 saturated heterocycles. The molecule has 1 aliphatic heterocycles. The average Bonchev–Trinajstić information content (AvgIpc) is 3.15. The lowest BCUT2D eigenvalue weighted by atomic mass is 10.1. The van der Waals surface area contributed by atoms with Gasteiger partial charge in [0.25, 0.3) is 11.5 Å². The summed E-state index contributed by atoms with van der Waals surface area (Å²) in [5.74, 6) is 0.198. The molecule has 1 atom stereocenters. The predicted molar refractivity (Wildman–Crippen MR) is 111 cm³/mol. The lowest BCUT2D eigenvalue weighted by molar-refractivity contribution is 0.0685. The van der Waals surface area contributed by atoms with Crippen LogP contribution in [-0.4, -0.2) is 46.3 Å². The third-order valence-electron chi connectivity index (χ3n) is 4.81. The number of benzene rings is 1. The molecule has 1 fully saturated rings. The Balaban J connectivity index is 0.00000261. The zero-order valence-corrected chi connectivity index (χ0v) is 17.1. The zero-order valence-electron chi connectivity index (χ0n) is 16.3. The van der Waals surface area contributed by atoms with E-state index in [0.717, 1.165) is 25.9 Å². The van der Waals surface area contributed by atoms with Gasteiger partial charge in [-0.3, -0.25) is 9.59 Å². The molecule has 0 saturated carbocycles. The highest BCUT2D eigenvalue weighted by molar-refractivity contribution is 6.04. The van der Waals surface area contributed by atoms with Gasteiger partial charge in [-0.2, -0.15) is 5.10 Å². The van der Waals surface area contributed by atoms with Gasteiger partial charge in [0.2, 0.25) is 0 Å². The molecule has 2 aromatic rings. The van der Waals surface area contributed by atoms with Gasteiger partial charge in [0.05, 0.1) is 5.39 Å². The number of nitrogens with one attached hydrogen (secondary N) is 1. The van der Waals surface area contributed by atoms with Gasteiger partial charge in [0.1, 0.15) is 0 Å². The van der Waals surface area contributed by atoms with Crippen molar-refractivity contribution in [3.8, 4) is 0 Å². The Kier molecular flexibility index (Phi) is 7.39. The minimum atomic E-state index is -0.129. The average molecular weight is 393 g/mol. The van der Waals surface area contributed by atoms with E-state index in [1.807, 2.05) is 36.9 Å². The number of rotatable bonds is 6. The molecule has 7 heteroatoms. The molecule has 1 amide bonds. The van der Waals surface area contributed by atoms with Crippen LogP contribution < -0.4 is 10.9 Å². The number of amides is 1. The van der Waals surface area contributed by atoms with E-state index in [-0.39, 0.29) is 35.8 Å². The number of carbonyl (C=O) groups excluding carboxylic acids is 1. The Morgan fingerprint density at radius 3 is 2.63 bits per heavy atom. The Morgan fingerprint density at radius 1 is 1.33 bits per heavy atom. The van der Waals surface area contributed by atoms with Crippen LogP contribution in [0, 0.1) is 5.92 Å². The number of nitrogens with zero attached hydrogens (tertiary/aromatic N) is 3. The highest BCUT2D eigenvalue weighted by Gasteiger charge is 2.29. The maximum Gasteiger partial charge on any atom is 0.275 e. The van der Waals surface area contributed by atoms with Crippen molar-refractivity contribution in [2.24, 2.45) is 5.92 Å². The summed E-state index contributed by atoms with van der Waals surface area (Å²) >= 11 is 0. The monoisotopic (exact) mass is 392 g/mol. The van der Waals surface area contributed by atoms with Crippen LogP contribution in [0.1, 0.15) is 44.1 Å². The van der Waals surface area contributed by atoms with Crippen LogP contribution in [0.4, 0.5) is 0 Å². The molecule has 0 bridgehead atoms. The van der Waals surface area contributed by atoms with Gasteiger partial charge < -0.3 is 10.2 Å². The number of aromatic nitrogens is 2. The van der Waals surface area contributed by atoms with E-state index in [9.17, 15) is 9.59 Å². The lowest BCUT2D eigenvalue weighted by Crippen LogP contribution is -2.43. The number of hydrogen-bond acceptors (Lipinski definition) is 4. The maximum atomic E-state index is 13.4. The third kappa shape index (κ3) is 4.50. The van der Waals surface area contributed by atoms with Crippen LogP contribution >= 0.6 is 12.4 Å². The Morgan fingerprint density at radius 2 is 2.04 bits per heavy atom. The molecular weight excluding hydrogens is 364 g/mol. The van der Waals surface area contributed by atoms with E-state index < -0.39 is 0 Å². The normalized spacial score (nSPS) is 16.5. The molecule has 148 valence electrons. The molecule has 0 aliphatic carbocycles. The van der Waals surface area contributed by atoms with E-state index in [1.165, 1.54) is 4.68 Å². The van der Waals surface area contributed by atoms with E-state index in [2.05, 4.69) is 17.3 Å². The summed E-state index contributed by atoms with van der Waals surface area (Å²) in [5.41, 5.74) is 0.261. The van der Waals surface area contributed by atoms with Crippen molar-refractivity contribution >= 4 is 29.1 Å². The molecule has 0 radical (unpaired) electrons. The van der Waals surface area contributed by atoms with Crippen molar-refractivity contribution in [2.75, 3.05) is 19.6 Å². The quantitative estimate of drug-likeness (QED) is 0.820.